The third-order valence-electron chi connectivity index (χ3n) is 4.77. The number of hydrogen-bond donors (Lipinski definition) is 2. The quantitative estimate of drug-likeness (QED) is 0.835. The number of rotatable bonds is 4. The van der Waals surface area contributed by atoms with Crippen LogP contribution < -0.4 is 10.6 Å². The van der Waals surface area contributed by atoms with Gasteiger partial charge in [-0.1, -0.05) is 13.8 Å². The van der Waals surface area contributed by atoms with E-state index in [0.717, 1.165) is 25.3 Å². The molecule has 0 aromatic rings. The van der Waals surface area contributed by atoms with Crippen LogP contribution in [0, 0.1) is 11.3 Å². The molecule has 3 unspecified atom stereocenters. The maximum atomic E-state index is 11.8. The Hall–Kier alpha value is -0.770. The van der Waals surface area contributed by atoms with E-state index in [2.05, 4.69) is 24.5 Å². The van der Waals surface area contributed by atoms with Gasteiger partial charge in [0, 0.05) is 12.1 Å². The topological polar surface area (TPSA) is 50.4 Å². The minimum absolute atomic E-state index is 0.248. The smallest absolute Gasteiger partial charge is 0.407 e. The van der Waals surface area contributed by atoms with E-state index in [1.807, 2.05) is 20.8 Å². The summed E-state index contributed by atoms with van der Waals surface area (Å²) in [6.07, 6.45) is 5.54. The van der Waals surface area contributed by atoms with Gasteiger partial charge in [-0.2, -0.15) is 0 Å². The molecular formula is C17H32N2O2. The molecule has 4 heteroatoms. The van der Waals surface area contributed by atoms with E-state index in [-0.39, 0.29) is 12.1 Å². The molecule has 21 heavy (non-hydrogen) atoms. The molecule has 3 atom stereocenters. The van der Waals surface area contributed by atoms with Gasteiger partial charge in [0.2, 0.25) is 0 Å². The highest BCUT2D eigenvalue weighted by molar-refractivity contribution is 5.68. The lowest BCUT2D eigenvalue weighted by atomic mass is 9.91. The van der Waals surface area contributed by atoms with E-state index >= 15 is 0 Å². The summed E-state index contributed by atoms with van der Waals surface area (Å²) in [6, 6.07) is 0.786. The molecule has 2 rings (SSSR count). The zero-order valence-corrected chi connectivity index (χ0v) is 14.3. The fraction of sp³-hybridized carbons (Fsp3) is 0.941. The highest BCUT2D eigenvalue weighted by atomic mass is 16.6. The van der Waals surface area contributed by atoms with E-state index < -0.39 is 5.60 Å². The van der Waals surface area contributed by atoms with Crippen LogP contribution in [0.1, 0.15) is 66.7 Å². The van der Waals surface area contributed by atoms with Crippen molar-refractivity contribution in [1.29, 1.82) is 0 Å². The lowest BCUT2D eigenvalue weighted by molar-refractivity contribution is 0.0488. The maximum absolute atomic E-state index is 11.8. The van der Waals surface area contributed by atoms with E-state index in [1.165, 1.54) is 19.3 Å². The van der Waals surface area contributed by atoms with Crippen LogP contribution in [-0.2, 0) is 4.74 Å². The summed E-state index contributed by atoms with van der Waals surface area (Å²) < 4.78 is 5.34. The third-order valence-corrected chi connectivity index (χ3v) is 4.77. The predicted molar refractivity (Wildman–Crippen MR) is 85.3 cm³/mol. The molecule has 2 aliphatic carbocycles. The minimum atomic E-state index is -0.423. The summed E-state index contributed by atoms with van der Waals surface area (Å²) in [5.74, 6) is 0.830. The van der Waals surface area contributed by atoms with E-state index in [0.29, 0.717) is 11.5 Å². The Morgan fingerprint density at radius 2 is 1.86 bits per heavy atom. The van der Waals surface area contributed by atoms with Crippen molar-refractivity contribution in [3.8, 4) is 0 Å². The lowest BCUT2D eigenvalue weighted by Gasteiger charge is -2.31. The van der Waals surface area contributed by atoms with Crippen molar-refractivity contribution in [3.63, 3.8) is 0 Å². The van der Waals surface area contributed by atoms with Crippen molar-refractivity contribution in [2.45, 2.75) is 84.4 Å². The van der Waals surface area contributed by atoms with Crippen LogP contribution in [0.3, 0.4) is 0 Å². The van der Waals surface area contributed by atoms with Gasteiger partial charge in [-0.05, 0) is 70.8 Å². The molecule has 0 aromatic carbocycles. The van der Waals surface area contributed by atoms with Crippen LogP contribution in [0.5, 0.6) is 0 Å². The Morgan fingerprint density at radius 3 is 2.43 bits per heavy atom. The second-order valence-electron chi connectivity index (χ2n) is 8.50. The van der Waals surface area contributed by atoms with Crippen LogP contribution >= 0.6 is 0 Å². The van der Waals surface area contributed by atoms with Gasteiger partial charge in [-0.15, -0.1) is 0 Å². The molecule has 1 amide bonds. The Balaban J connectivity index is 1.69. The van der Waals surface area contributed by atoms with E-state index in [4.69, 9.17) is 4.74 Å². The van der Waals surface area contributed by atoms with Gasteiger partial charge in [0.15, 0.2) is 0 Å². The van der Waals surface area contributed by atoms with Gasteiger partial charge < -0.3 is 15.4 Å². The van der Waals surface area contributed by atoms with Crippen molar-refractivity contribution >= 4 is 6.09 Å². The molecule has 0 aromatic heterocycles. The molecule has 0 heterocycles. The average molecular weight is 296 g/mol. The molecule has 0 aliphatic heterocycles. The first-order valence-corrected chi connectivity index (χ1v) is 8.38. The predicted octanol–water partition coefficient (Wildman–Crippen LogP) is 3.46. The lowest BCUT2D eigenvalue weighted by Crippen LogP contribution is -2.46. The van der Waals surface area contributed by atoms with Crippen LogP contribution in [0.15, 0.2) is 0 Å². The summed E-state index contributed by atoms with van der Waals surface area (Å²) >= 11 is 0. The van der Waals surface area contributed by atoms with Gasteiger partial charge in [0.05, 0.1) is 0 Å². The molecule has 2 aliphatic rings. The second-order valence-corrected chi connectivity index (χ2v) is 8.50. The molecule has 2 fully saturated rings. The Bertz CT molecular complexity index is 373. The summed E-state index contributed by atoms with van der Waals surface area (Å²) in [4.78, 5) is 11.8. The monoisotopic (exact) mass is 296 g/mol. The summed E-state index contributed by atoms with van der Waals surface area (Å²) in [6.45, 7) is 11.5. The molecule has 122 valence electrons. The van der Waals surface area contributed by atoms with E-state index in [9.17, 15) is 4.79 Å². The maximum Gasteiger partial charge on any atom is 0.407 e. The molecule has 4 nitrogen and oxygen atoms in total. The van der Waals surface area contributed by atoms with Gasteiger partial charge in [0.1, 0.15) is 5.60 Å². The molecule has 2 N–H and O–H groups in total. The standard InChI is InChI=1S/C17H32N2O2/c1-16(2,3)21-15(20)19-14-8-6-7-13(9-14)18-11-12-10-17(12,4)5/h12-14,18H,6-11H2,1-5H3,(H,19,20). The third kappa shape index (κ3) is 5.50. The first-order valence-electron chi connectivity index (χ1n) is 8.38. The number of ether oxygens (including phenoxy) is 1. The fourth-order valence-corrected chi connectivity index (χ4v) is 3.21. The summed E-state index contributed by atoms with van der Waals surface area (Å²) in [5.41, 5.74) is 0.115. The number of hydrogen-bond acceptors (Lipinski definition) is 3. The zero-order valence-electron chi connectivity index (χ0n) is 14.3. The SMILES string of the molecule is CC(C)(C)OC(=O)NC1CCCC(NCC2CC2(C)C)C1. The average Bonchev–Trinajstić information content (AvgIpc) is 2.92. The molecule has 0 bridgehead atoms. The van der Waals surface area contributed by atoms with Gasteiger partial charge in [0.25, 0.3) is 0 Å². The van der Waals surface area contributed by atoms with Gasteiger partial charge >= 0.3 is 6.09 Å². The van der Waals surface area contributed by atoms with Crippen molar-refractivity contribution < 1.29 is 9.53 Å². The minimum Gasteiger partial charge on any atom is -0.444 e. The normalized spacial score (nSPS) is 31.6. The Morgan fingerprint density at radius 1 is 1.24 bits per heavy atom. The highest BCUT2D eigenvalue weighted by Gasteiger charge is 2.45. The van der Waals surface area contributed by atoms with Crippen LogP contribution in [0.25, 0.3) is 0 Å². The Labute approximate surface area is 129 Å². The number of nitrogens with one attached hydrogen (secondary N) is 2. The van der Waals surface area contributed by atoms with Gasteiger partial charge in [-0.3, -0.25) is 0 Å². The fourth-order valence-electron chi connectivity index (χ4n) is 3.21. The number of carbonyl (C=O) groups is 1. The molecular weight excluding hydrogens is 264 g/mol. The molecule has 0 radical (unpaired) electrons. The van der Waals surface area contributed by atoms with Gasteiger partial charge in [-0.25, -0.2) is 4.79 Å². The molecule has 0 saturated heterocycles. The number of amides is 1. The number of alkyl carbamates (subject to hydrolysis) is 1. The molecule has 2 saturated carbocycles. The molecule has 0 spiro atoms. The summed E-state index contributed by atoms with van der Waals surface area (Å²) in [5, 5.41) is 6.72. The first kappa shape index (κ1) is 16.6. The van der Waals surface area contributed by atoms with Crippen molar-refractivity contribution in [1.82, 2.24) is 10.6 Å². The summed E-state index contributed by atoms with van der Waals surface area (Å²) in [7, 11) is 0. The van der Waals surface area contributed by atoms with Crippen molar-refractivity contribution in [2.75, 3.05) is 6.54 Å². The van der Waals surface area contributed by atoms with Crippen LogP contribution in [0.4, 0.5) is 4.79 Å². The van der Waals surface area contributed by atoms with Crippen molar-refractivity contribution in [3.05, 3.63) is 0 Å². The second kappa shape index (κ2) is 6.15. The Kier molecular flexibility index (Phi) is 4.86. The van der Waals surface area contributed by atoms with Crippen LogP contribution in [0.2, 0.25) is 0 Å². The van der Waals surface area contributed by atoms with E-state index in [1.54, 1.807) is 0 Å². The first-order chi connectivity index (χ1) is 9.66. The van der Waals surface area contributed by atoms with Crippen molar-refractivity contribution in [2.24, 2.45) is 11.3 Å². The highest BCUT2D eigenvalue weighted by Crippen LogP contribution is 2.51. The number of carbonyl (C=O) groups excluding carboxylic acids is 1. The van der Waals surface area contributed by atoms with Crippen LogP contribution in [-0.4, -0.2) is 30.3 Å². The zero-order chi connectivity index (χ0) is 15.7. The largest absolute Gasteiger partial charge is 0.444 e.